The third kappa shape index (κ3) is 6.30. The van der Waals surface area contributed by atoms with Crippen molar-refractivity contribution < 1.29 is 14.3 Å². The van der Waals surface area contributed by atoms with E-state index in [-0.39, 0.29) is 11.8 Å². The highest BCUT2D eigenvalue weighted by molar-refractivity contribution is 5.94. The third-order valence-electron chi connectivity index (χ3n) is 3.83. The van der Waals surface area contributed by atoms with Gasteiger partial charge in [-0.25, -0.2) is 0 Å². The zero-order valence-electron chi connectivity index (χ0n) is 14.7. The minimum atomic E-state index is -0.150. The fourth-order valence-electron chi connectivity index (χ4n) is 2.29. The number of nitrogens with one attached hydrogen (secondary N) is 2. The molecular weight excluding hydrogens is 316 g/mol. The number of carbonyl (C=O) groups is 2. The van der Waals surface area contributed by atoms with E-state index in [1.807, 2.05) is 31.2 Å². The number of carbonyl (C=O) groups excluding carboxylic acids is 2. The van der Waals surface area contributed by atoms with Crippen molar-refractivity contribution in [1.29, 1.82) is 0 Å². The minimum absolute atomic E-state index is 0.0146. The predicted molar refractivity (Wildman–Crippen MR) is 97.6 cm³/mol. The highest BCUT2D eigenvalue weighted by Crippen LogP contribution is 2.11. The molecule has 25 heavy (non-hydrogen) atoms. The molecule has 0 radical (unpaired) electrons. The highest BCUT2D eigenvalue weighted by atomic mass is 16.5. The van der Waals surface area contributed by atoms with Gasteiger partial charge in [0.15, 0.2) is 0 Å². The first-order valence-corrected chi connectivity index (χ1v) is 8.33. The maximum atomic E-state index is 12.0. The van der Waals surface area contributed by atoms with Crippen LogP contribution < -0.4 is 15.4 Å². The monoisotopic (exact) mass is 340 g/mol. The van der Waals surface area contributed by atoms with E-state index < -0.39 is 0 Å². The topological polar surface area (TPSA) is 67.4 Å². The second-order valence-electron chi connectivity index (χ2n) is 5.85. The van der Waals surface area contributed by atoms with Gasteiger partial charge >= 0.3 is 0 Å². The van der Waals surface area contributed by atoms with Gasteiger partial charge in [-0.05, 0) is 43.2 Å². The lowest BCUT2D eigenvalue weighted by Crippen LogP contribution is -2.27. The maximum absolute atomic E-state index is 12.0. The molecule has 2 rings (SSSR count). The number of methoxy groups -OCH3 is 1. The average Bonchev–Trinajstić information content (AvgIpc) is 2.64. The molecule has 0 aromatic heterocycles. The summed E-state index contributed by atoms with van der Waals surface area (Å²) in [7, 11) is 1.58. The number of hydrogen-bond acceptors (Lipinski definition) is 3. The lowest BCUT2D eigenvalue weighted by molar-refractivity contribution is -0.121. The van der Waals surface area contributed by atoms with Crippen molar-refractivity contribution in [2.24, 2.45) is 0 Å². The smallest absolute Gasteiger partial charge is 0.251 e. The Morgan fingerprint density at radius 1 is 0.960 bits per heavy atom. The third-order valence-corrected chi connectivity index (χ3v) is 3.83. The van der Waals surface area contributed by atoms with Crippen LogP contribution in [0.4, 0.5) is 0 Å². The molecule has 0 saturated carbocycles. The van der Waals surface area contributed by atoms with E-state index in [0.717, 1.165) is 5.56 Å². The molecule has 0 unspecified atom stereocenters. The summed E-state index contributed by atoms with van der Waals surface area (Å²) in [6.07, 6.45) is 0.983. The first-order chi connectivity index (χ1) is 12.1. The van der Waals surface area contributed by atoms with Gasteiger partial charge in [0, 0.05) is 25.1 Å². The van der Waals surface area contributed by atoms with Crippen LogP contribution in [0.3, 0.4) is 0 Å². The molecule has 0 aliphatic rings. The molecule has 2 N–H and O–H groups in total. The molecule has 0 atom stereocenters. The molecule has 0 aliphatic carbocycles. The van der Waals surface area contributed by atoms with Crippen LogP contribution in [0.1, 0.15) is 34.3 Å². The van der Waals surface area contributed by atoms with Gasteiger partial charge in [-0.3, -0.25) is 9.59 Å². The van der Waals surface area contributed by atoms with Gasteiger partial charge in [-0.2, -0.15) is 0 Å². The quantitative estimate of drug-likeness (QED) is 0.726. The Morgan fingerprint density at radius 3 is 2.28 bits per heavy atom. The molecule has 2 amide bonds. The molecule has 5 heteroatoms. The van der Waals surface area contributed by atoms with Gasteiger partial charge in [0.05, 0.1) is 7.11 Å². The summed E-state index contributed by atoms with van der Waals surface area (Å²) in [5, 5.41) is 5.70. The molecule has 0 fully saturated rings. The van der Waals surface area contributed by atoms with E-state index in [2.05, 4.69) is 10.6 Å². The zero-order valence-corrected chi connectivity index (χ0v) is 14.7. The van der Waals surface area contributed by atoms with E-state index >= 15 is 0 Å². The van der Waals surface area contributed by atoms with Crippen molar-refractivity contribution in [2.45, 2.75) is 26.3 Å². The first kappa shape index (κ1) is 18.5. The first-order valence-electron chi connectivity index (χ1n) is 8.33. The van der Waals surface area contributed by atoms with Gasteiger partial charge in [-0.1, -0.05) is 29.8 Å². The lowest BCUT2D eigenvalue weighted by Gasteiger charge is -2.07. The van der Waals surface area contributed by atoms with E-state index in [0.29, 0.717) is 37.2 Å². The number of rotatable bonds is 8. The van der Waals surface area contributed by atoms with Gasteiger partial charge in [0.1, 0.15) is 5.75 Å². The number of benzene rings is 2. The molecule has 5 nitrogen and oxygen atoms in total. The second-order valence-corrected chi connectivity index (χ2v) is 5.85. The number of amides is 2. The van der Waals surface area contributed by atoms with Gasteiger partial charge in [-0.15, -0.1) is 0 Å². The molecule has 0 saturated heterocycles. The van der Waals surface area contributed by atoms with Crippen LogP contribution in [0.15, 0.2) is 48.5 Å². The van der Waals surface area contributed by atoms with Crippen molar-refractivity contribution in [3.05, 3.63) is 65.2 Å². The van der Waals surface area contributed by atoms with Crippen LogP contribution in [0, 0.1) is 6.92 Å². The fourth-order valence-corrected chi connectivity index (χ4v) is 2.29. The van der Waals surface area contributed by atoms with Gasteiger partial charge in [0.2, 0.25) is 5.91 Å². The van der Waals surface area contributed by atoms with Crippen LogP contribution in [0.25, 0.3) is 0 Å². The number of ether oxygens (including phenoxy) is 1. The van der Waals surface area contributed by atoms with Crippen LogP contribution in [0.2, 0.25) is 0 Å². The van der Waals surface area contributed by atoms with Crippen LogP contribution in [0.5, 0.6) is 5.75 Å². The summed E-state index contributed by atoms with van der Waals surface area (Å²) in [4.78, 5) is 23.8. The normalized spacial score (nSPS) is 10.2. The summed E-state index contributed by atoms with van der Waals surface area (Å²) in [6, 6.07) is 15.0. The van der Waals surface area contributed by atoms with Crippen molar-refractivity contribution in [1.82, 2.24) is 10.6 Å². The van der Waals surface area contributed by atoms with Crippen molar-refractivity contribution in [3.63, 3.8) is 0 Å². The average molecular weight is 340 g/mol. The van der Waals surface area contributed by atoms with Crippen LogP contribution in [-0.4, -0.2) is 25.5 Å². The Labute approximate surface area is 148 Å². The van der Waals surface area contributed by atoms with E-state index in [9.17, 15) is 9.59 Å². The van der Waals surface area contributed by atoms with E-state index in [4.69, 9.17) is 4.74 Å². The standard InChI is InChI=1S/C20H24N2O3/c1-15-5-7-16(8-6-15)14-22-19(23)4-3-13-21-20(24)17-9-11-18(25-2)12-10-17/h5-12H,3-4,13-14H2,1-2H3,(H,21,24)(H,22,23). The molecule has 2 aromatic carbocycles. The van der Waals surface area contributed by atoms with Crippen LogP contribution >= 0.6 is 0 Å². The second kappa shape index (κ2) is 9.47. The van der Waals surface area contributed by atoms with Gasteiger partial charge < -0.3 is 15.4 Å². The molecule has 0 aliphatic heterocycles. The Bertz CT molecular complexity index is 694. The molecule has 0 bridgehead atoms. The summed E-state index contributed by atoms with van der Waals surface area (Å²) in [5.41, 5.74) is 2.85. The molecule has 0 spiro atoms. The maximum Gasteiger partial charge on any atom is 0.251 e. The van der Waals surface area contributed by atoms with E-state index in [1.54, 1.807) is 31.4 Å². The van der Waals surface area contributed by atoms with Gasteiger partial charge in [0.25, 0.3) is 5.91 Å². The Balaban J connectivity index is 1.63. The molecule has 0 heterocycles. The lowest BCUT2D eigenvalue weighted by atomic mass is 10.1. The summed E-state index contributed by atoms with van der Waals surface area (Å²) in [5.74, 6) is 0.545. The fraction of sp³-hybridized carbons (Fsp3) is 0.300. The zero-order chi connectivity index (χ0) is 18.1. The van der Waals surface area contributed by atoms with Crippen molar-refractivity contribution >= 4 is 11.8 Å². The Kier molecular flexibility index (Phi) is 7.01. The minimum Gasteiger partial charge on any atom is -0.497 e. The number of hydrogen-bond donors (Lipinski definition) is 2. The SMILES string of the molecule is COc1ccc(C(=O)NCCCC(=O)NCc2ccc(C)cc2)cc1. The van der Waals surface area contributed by atoms with Crippen molar-refractivity contribution in [2.75, 3.05) is 13.7 Å². The van der Waals surface area contributed by atoms with Crippen molar-refractivity contribution in [3.8, 4) is 5.75 Å². The number of aryl methyl sites for hydroxylation is 1. The summed E-state index contributed by atoms with van der Waals surface area (Å²) >= 11 is 0. The Hall–Kier alpha value is -2.82. The summed E-state index contributed by atoms with van der Waals surface area (Å²) < 4.78 is 5.06. The van der Waals surface area contributed by atoms with E-state index in [1.165, 1.54) is 5.56 Å². The molecule has 2 aromatic rings. The largest absolute Gasteiger partial charge is 0.497 e. The van der Waals surface area contributed by atoms with Crippen LogP contribution in [-0.2, 0) is 11.3 Å². The Morgan fingerprint density at radius 2 is 1.64 bits per heavy atom. The predicted octanol–water partition coefficient (Wildman–Crippen LogP) is 2.83. The molecule has 132 valence electrons. The summed E-state index contributed by atoms with van der Waals surface area (Å²) in [6.45, 7) is 3.02. The highest BCUT2D eigenvalue weighted by Gasteiger charge is 2.06. The molecular formula is C20H24N2O3.